The Morgan fingerprint density at radius 3 is 2.91 bits per heavy atom. The largest absolute Gasteiger partial charge is 0.346 e. The highest BCUT2D eigenvalue weighted by Crippen LogP contribution is 2.32. The van der Waals surface area contributed by atoms with Crippen molar-refractivity contribution in [2.75, 3.05) is 0 Å². The van der Waals surface area contributed by atoms with Crippen LogP contribution >= 0.6 is 23.1 Å². The van der Waals surface area contributed by atoms with E-state index in [-0.39, 0.29) is 11.9 Å². The molecule has 2 aromatic rings. The van der Waals surface area contributed by atoms with Crippen molar-refractivity contribution in [3.63, 3.8) is 0 Å². The van der Waals surface area contributed by atoms with E-state index in [1.165, 1.54) is 24.2 Å². The maximum atomic E-state index is 12.3. The first-order valence-corrected chi connectivity index (χ1v) is 9.17. The molecule has 0 radical (unpaired) electrons. The zero-order chi connectivity index (χ0) is 14.9. The van der Waals surface area contributed by atoms with E-state index in [0.717, 1.165) is 15.5 Å². The third-order valence-corrected chi connectivity index (χ3v) is 6.36. The van der Waals surface area contributed by atoms with Gasteiger partial charge in [-0.1, -0.05) is 30.0 Å². The number of thiazole rings is 1. The lowest BCUT2D eigenvalue weighted by atomic mass is 9.95. The third-order valence-electron chi connectivity index (χ3n) is 4.26. The van der Waals surface area contributed by atoms with E-state index in [4.69, 9.17) is 0 Å². The van der Waals surface area contributed by atoms with Gasteiger partial charge in [0.2, 0.25) is 0 Å². The van der Waals surface area contributed by atoms with Gasteiger partial charge in [0, 0.05) is 23.0 Å². The Hall–Kier alpha value is -1.37. The fourth-order valence-corrected chi connectivity index (χ4v) is 5.11. The van der Waals surface area contributed by atoms with Gasteiger partial charge < -0.3 is 10.6 Å². The molecule has 2 N–H and O–H groups in total. The van der Waals surface area contributed by atoms with Crippen LogP contribution in [0, 0.1) is 0 Å². The molecule has 0 spiro atoms. The van der Waals surface area contributed by atoms with E-state index in [0.29, 0.717) is 17.1 Å². The van der Waals surface area contributed by atoms with Crippen LogP contribution in [-0.2, 0) is 0 Å². The molecule has 114 valence electrons. The highest BCUT2D eigenvalue weighted by atomic mass is 32.2. The van der Waals surface area contributed by atoms with Gasteiger partial charge in [-0.05, 0) is 31.4 Å². The van der Waals surface area contributed by atoms with Crippen LogP contribution in [0.4, 0.5) is 0 Å². The summed E-state index contributed by atoms with van der Waals surface area (Å²) in [5.41, 5.74) is 0. The average Bonchev–Trinajstić information content (AvgIpc) is 3.24. The molecule has 22 heavy (non-hydrogen) atoms. The molecule has 3 heterocycles. The molecule has 2 saturated heterocycles. The second-order valence-corrected chi connectivity index (χ2v) is 8.17. The highest BCUT2D eigenvalue weighted by molar-refractivity contribution is 8.01. The molecular formula is C16H17N3OS2. The van der Waals surface area contributed by atoms with Crippen molar-refractivity contribution in [2.24, 2.45) is 0 Å². The van der Waals surface area contributed by atoms with Gasteiger partial charge in [0.1, 0.15) is 0 Å². The summed E-state index contributed by atoms with van der Waals surface area (Å²) in [6.07, 6.45) is 5.25. The Balaban J connectivity index is 1.39. The smallest absolute Gasteiger partial charge is 0.280 e. The Bertz CT molecular complexity index is 673. The summed E-state index contributed by atoms with van der Waals surface area (Å²) >= 11 is 3.10. The van der Waals surface area contributed by atoms with Gasteiger partial charge in [-0.25, -0.2) is 4.98 Å². The third kappa shape index (κ3) is 2.91. The second-order valence-electron chi connectivity index (χ2n) is 5.76. The lowest BCUT2D eigenvalue weighted by Gasteiger charge is -2.20. The van der Waals surface area contributed by atoms with Crippen molar-refractivity contribution in [3.8, 4) is 0 Å². The zero-order valence-corrected chi connectivity index (χ0v) is 13.6. The quantitative estimate of drug-likeness (QED) is 0.904. The fourth-order valence-electron chi connectivity index (χ4n) is 3.23. The summed E-state index contributed by atoms with van der Waals surface area (Å²) in [5, 5.41) is 7.23. The standard InChI is InChI=1S/C16H17N3OS2/c20-15(19-13-8-10-6-7-12(13)18-10)16-17-9-14(22-16)21-11-4-2-1-3-5-11/h1-5,9-10,12-13,18H,6-8H2,(H,19,20)/t10-,12+,13-/m1/s1. The fraction of sp³-hybridized carbons (Fsp3) is 0.375. The van der Waals surface area contributed by atoms with Gasteiger partial charge in [0.05, 0.1) is 10.4 Å². The molecule has 0 aliphatic carbocycles. The maximum Gasteiger partial charge on any atom is 0.280 e. The molecule has 2 bridgehead atoms. The van der Waals surface area contributed by atoms with Gasteiger partial charge in [0.25, 0.3) is 5.91 Å². The van der Waals surface area contributed by atoms with E-state index in [1.807, 2.05) is 18.2 Å². The SMILES string of the molecule is O=C(N[C@@H]1C[C@H]2CC[C@@H]1N2)c1ncc(Sc2ccccc2)s1. The van der Waals surface area contributed by atoms with Crippen LogP contribution in [0.1, 0.15) is 29.1 Å². The predicted octanol–water partition coefficient (Wildman–Crippen LogP) is 2.92. The lowest BCUT2D eigenvalue weighted by Crippen LogP contribution is -2.42. The molecule has 1 aromatic heterocycles. The van der Waals surface area contributed by atoms with Crippen molar-refractivity contribution in [1.82, 2.24) is 15.6 Å². The Labute approximate surface area is 137 Å². The van der Waals surface area contributed by atoms with E-state index in [2.05, 4.69) is 27.8 Å². The van der Waals surface area contributed by atoms with Crippen LogP contribution in [0.3, 0.4) is 0 Å². The minimum atomic E-state index is -0.0377. The summed E-state index contributed by atoms with van der Waals surface area (Å²) in [7, 11) is 0. The summed E-state index contributed by atoms with van der Waals surface area (Å²) < 4.78 is 1.04. The Morgan fingerprint density at radius 1 is 1.32 bits per heavy atom. The van der Waals surface area contributed by atoms with E-state index in [9.17, 15) is 4.79 Å². The molecule has 0 unspecified atom stereocenters. The first kappa shape index (κ1) is 14.2. The van der Waals surface area contributed by atoms with Crippen LogP contribution in [0.5, 0.6) is 0 Å². The molecule has 1 amide bonds. The molecule has 4 rings (SSSR count). The van der Waals surface area contributed by atoms with E-state index < -0.39 is 0 Å². The first-order valence-electron chi connectivity index (χ1n) is 7.53. The number of amides is 1. The van der Waals surface area contributed by atoms with E-state index in [1.54, 1.807) is 18.0 Å². The van der Waals surface area contributed by atoms with Crippen molar-refractivity contribution in [2.45, 2.75) is 46.5 Å². The zero-order valence-electron chi connectivity index (χ0n) is 12.0. The van der Waals surface area contributed by atoms with Gasteiger partial charge in [-0.15, -0.1) is 11.3 Å². The molecule has 3 atom stereocenters. The molecule has 2 aliphatic rings. The molecule has 2 aliphatic heterocycles. The number of carbonyl (C=O) groups is 1. The Morgan fingerprint density at radius 2 is 2.18 bits per heavy atom. The van der Waals surface area contributed by atoms with Crippen LogP contribution in [0.15, 0.2) is 45.6 Å². The summed E-state index contributed by atoms with van der Waals surface area (Å²) in [6, 6.07) is 11.5. The topological polar surface area (TPSA) is 54.0 Å². The van der Waals surface area contributed by atoms with E-state index >= 15 is 0 Å². The van der Waals surface area contributed by atoms with Gasteiger partial charge in [-0.3, -0.25) is 4.79 Å². The average molecular weight is 331 g/mol. The molecule has 6 heteroatoms. The minimum Gasteiger partial charge on any atom is -0.346 e. The molecule has 1 aromatic carbocycles. The van der Waals surface area contributed by atoms with Gasteiger partial charge in [0.15, 0.2) is 5.01 Å². The van der Waals surface area contributed by atoms with Gasteiger partial charge in [-0.2, -0.15) is 0 Å². The number of aromatic nitrogens is 1. The molecule has 2 fully saturated rings. The minimum absolute atomic E-state index is 0.0377. The summed E-state index contributed by atoms with van der Waals surface area (Å²) in [6.45, 7) is 0. The normalized spacial score (nSPS) is 26.3. The number of hydrogen-bond acceptors (Lipinski definition) is 5. The van der Waals surface area contributed by atoms with Crippen LogP contribution in [0.2, 0.25) is 0 Å². The second kappa shape index (κ2) is 6.02. The number of fused-ring (bicyclic) bond motifs is 2. The van der Waals surface area contributed by atoms with Crippen LogP contribution in [0.25, 0.3) is 0 Å². The molecular weight excluding hydrogens is 314 g/mol. The van der Waals surface area contributed by atoms with Crippen molar-refractivity contribution >= 4 is 29.0 Å². The number of hydrogen-bond donors (Lipinski definition) is 2. The van der Waals surface area contributed by atoms with Crippen molar-refractivity contribution in [1.29, 1.82) is 0 Å². The number of carbonyl (C=O) groups excluding carboxylic acids is 1. The van der Waals surface area contributed by atoms with Crippen LogP contribution in [-0.4, -0.2) is 29.0 Å². The maximum absolute atomic E-state index is 12.3. The summed E-state index contributed by atoms with van der Waals surface area (Å²) in [5.74, 6) is -0.0377. The van der Waals surface area contributed by atoms with Crippen molar-refractivity contribution in [3.05, 3.63) is 41.5 Å². The first-order chi connectivity index (χ1) is 10.8. The lowest BCUT2D eigenvalue weighted by molar-refractivity contribution is 0.0930. The number of nitrogens with zero attached hydrogens (tertiary/aromatic N) is 1. The van der Waals surface area contributed by atoms with Crippen molar-refractivity contribution < 1.29 is 4.79 Å². The molecule has 4 nitrogen and oxygen atoms in total. The number of rotatable bonds is 4. The Kier molecular flexibility index (Phi) is 3.90. The molecule has 0 saturated carbocycles. The summed E-state index contributed by atoms with van der Waals surface area (Å²) in [4.78, 5) is 17.8. The number of benzene rings is 1. The van der Waals surface area contributed by atoms with Gasteiger partial charge >= 0.3 is 0 Å². The highest BCUT2D eigenvalue weighted by Gasteiger charge is 2.39. The predicted molar refractivity (Wildman–Crippen MR) is 88.5 cm³/mol. The monoisotopic (exact) mass is 331 g/mol. The van der Waals surface area contributed by atoms with Crippen LogP contribution < -0.4 is 10.6 Å². The number of nitrogens with one attached hydrogen (secondary N) is 2.